The lowest BCUT2D eigenvalue weighted by Crippen LogP contribution is -2.33. The van der Waals surface area contributed by atoms with Crippen molar-refractivity contribution in [3.63, 3.8) is 0 Å². The van der Waals surface area contributed by atoms with E-state index in [0.29, 0.717) is 6.54 Å². The summed E-state index contributed by atoms with van der Waals surface area (Å²) in [6.45, 7) is 0.361. The molecule has 0 radical (unpaired) electrons. The minimum Gasteiger partial charge on any atom is -0.508 e. The van der Waals surface area contributed by atoms with Crippen LogP contribution in [0.3, 0.4) is 0 Å². The molecule has 1 fully saturated rings. The number of amides is 1. The van der Waals surface area contributed by atoms with Gasteiger partial charge in [-0.1, -0.05) is 12.1 Å². The fourth-order valence-electron chi connectivity index (χ4n) is 2.31. The number of carbonyl (C=O) groups excluding carboxylic acids is 1. The highest BCUT2D eigenvalue weighted by molar-refractivity contribution is 5.94. The van der Waals surface area contributed by atoms with E-state index in [0.717, 1.165) is 24.6 Å². The van der Waals surface area contributed by atoms with E-state index in [-0.39, 0.29) is 23.3 Å². The Bertz CT molecular complexity index is 671. The molecule has 21 heavy (non-hydrogen) atoms. The number of halogens is 1. The summed E-state index contributed by atoms with van der Waals surface area (Å²) in [5.74, 6) is -0.782. The molecule has 0 atom stereocenters. The Morgan fingerprint density at radius 2 is 2.19 bits per heavy atom. The van der Waals surface area contributed by atoms with Crippen LogP contribution in [0, 0.1) is 5.82 Å². The standard InChI is InChI=1S/C16H15FN2O2/c17-15-9-18-7-6-14(15)16(21)19(12-4-5-12)10-11-2-1-3-13(20)8-11/h1-3,6-9,12,20H,4-5,10H2. The van der Waals surface area contributed by atoms with Crippen molar-refractivity contribution in [3.8, 4) is 5.75 Å². The lowest BCUT2D eigenvalue weighted by Gasteiger charge is -2.23. The molecular formula is C16H15FN2O2. The van der Waals surface area contributed by atoms with Gasteiger partial charge in [0.25, 0.3) is 5.91 Å². The van der Waals surface area contributed by atoms with Crippen molar-refractivity contribution in [3.05, 3.63) is 59.7 Å². The predicted octanol–water partition coefficient (Wildman–Crippen LogP) is 2.73. The number of aromatic nitrogens is 1. The van der Waals surface area contributed by atoms with Crippen LogP contribution >= 0.6 is 0 Å². The van der Waals surface area contributed by atoms with Crippen molar-refractivity contribution >= 4 is 5.91 Å². The van der Waals surface area contributed by atoms with Crippen LogP contribution in [0.2, 0.25) is 0 Å². The van der Waals surface area contributed by atoms with E-state index in [2.05, 4.69) is 4.98 Å². The Hall–Kier alpha value is -2.43. The number of phenols is 1. The van der Waals surface area contributed by atoms with E-state index in [1.165, 1.54) is 12.3 Å². The van der Waals surface area contributed by atoms with Gasteiger partial charge in [-0.15, -0.1) is 0 Å². The Kier molecular flexibility index (Phi) is 3.56. The highest BCUT2D eigenvalue weighted by atomic mass is 19.1. The minimum atomic E-state index is -0.607. The molecule has 1 aromatic heterocycles. The monoisotopic (exact) mass is 286 g/mol. The first kappa shape index (κ1) is 13.5. The molecule has 4 nitrogen and oxygen atoms in total. The molecule has 108 valence electrons. The van der Waals surface area contributed by atoms with Crippen LogP contribution in [0.25, 0.3) is 0 Å². The first-order valence-corrected chi connectivity index (χ1v) is 6.83. The maximum Gasteiger partial charge on any atom is 0.257 e. The maximum atomic E-state index is 13.7. The quantitative estimate of drug-likeness (QED) is 0.940. The van der Waals surface area contributed by atoms with Gasteiger partial charge in [0.2, 0.25) is 0 Å². The van der Waals surface area contributed by atoms with Gasteiger partial charge in [-0.25, -0.2) is 4.39 Å². The number of hydrogen-bond acceptors (Lipinski definition) is 3. The highest BCUT2D eigenvalue weighted by Crippen LogP contribution is 2.30. The average Bonchev–Trinajstić information content (AvgIpc) is 3.29. The molecule has 2 aromatic rings. The summed E-state index contributed by atoms with van der Waals surface area (Å²) in [7, 11) is 0. The number of carbonyl (C=O) groups is 1. The molecule has 5 heteroatoms. The van der Waals surface area contributed by atoms with Gasteiger partial charge in [-0.3, -0.25) is 9.78 Å². The summed E-state index contributed by atoms with van der Waals surface area (Å²) >= 11 is 0. The van der Waals surface area contributed by atoms with Gasteiger partial charge in [-0.2, -0.15) is 0 Å². The zero-order valence-electron chi connectivity index (χ0n) is 11.4. The van der Waals surface area contributed by atoms with Gasteiger partial charge in [0.05, 0.1) is 11.8 Å². The average molecular weight is 286 g/mol. The van der Waals surface area contributed by atoms with E-state index >= 15 is 0 Å². The van der Waals surface area contributed by atoms with Gasteiger partial charge in [-0.05, 0) is 36.6 Å². The fourth-order valence-corrected chi connectivity index (χ4v) is 2.31. The van der Waals surface area contributed by atoms with Gasteiger partial charge < -0.3 is 10.0 Å². The van der Waals surface area contributed by atoms with Crippen LogP contribution in [0.5, 0.6) is 5.75 Å². The number of rotatable bonds is 4. The van der Waals surface area contributed by atoms with Gasteiger partial charge in [0, 0.05) is 18.8 Å². The number of nitrogens with zero attached hydrogens (tertiary/aromatic N) is 2. The Balaban J connectivity index is 1.85. The van der Waals surface area contributed by atoms with Crippen molar-refractivity contribution in [2.24, 2.45) is 0 Å². The van der Waals surface area contributed by atoms with E-state index in [4.69, 9.17) is 0 Å². The zero-order valence-corrected chi connectivity index (χ0v) is 11.4. The molecule has 1 aromatic carbocycles. The molecule has 0 unspecified atom stereocenters. The summed E-state index contributed by atoms with van der Waals surface area (Å²) in [5, 5.41) is 9.51. The fraction of sp³-hybridized carbons (Fsp3) is 0.250. The van der Waals surface area contributed by atoms with Crippen LogP contribution in [-0.4, -0.2) is 26.9 Å². The van der Waals surface area contributed by atoms with Crippen molar-refractivity contribution < 1.29 is 14.3 Å². The van der Waals surface area contributed by atoms with Crippen molar-refractivity contribution in [1.29, 1.82) is 0 Å². The van der Waals surface area contributed by atoms with Gasteiger partial charge in [0.15, 0.2) is 5.82 Å². The summed E-state index contributed by atoms with van der Waals surface area (Å²) in [6, 6.07) is 8.31. The van der Waals surface area contributed by atoms with Gasteiger partial charge in [0.1, 0.15) is 5.75 Å². The number of hydrogen-bond donors (Lipinski definition) is 1. The van der Waals surface area contributed by atoms with Gasteiger partial charge >= 0.3 is 0 Å². The third-order valence-electron chi connectivity index (χ3n) is 3.51. The molecule has 1 heterocycles. The zero-order chi connectivity index (χ0) is 14.8. The first-order valence-electron chi connectivity index (χ1n) is 6.83. The smallest absolute Gasteiger partial charge is 0.257 e. The van der Waals surface area contributed by atoms with Crippen LogP contribution in [0.15, 0.2) is 42.7 Å². The molecule has 0 saturated heterocycles. The van der Waals surface area contributed by atoms with Crippen molar-refractivity contribution in [2.75, 3.05) is 0 Å². The number of aromatic hydroxyl groups is 1. The molecule has 3 rings (SSSR count). The Morgan fingerprint density at radius 3 is 2.86 bits per heavy atom. The number of benzene rings is 1. The highest BCUT2D eigenvalue weighted by Gasteiger charge is 2.34. The first-order chi connectivity index (χ1) is 10.1. The lowest BCUT2D eigenvalue weighted by atomic mass is 10.1. The van der Waals surface area contributed by atoms with Crippen molar-refractivity contribution in [1.82, 2.24) is 9.88 Å². The third kappa shape index (κ3) is 3.02. The molecular weight excluding hydrogens is 271 g/mol. The molecule has 1 aliphatic rings. The molecule has 0 aliphatic heterocycles. The van der Waals surface area contributed by atoms with Crippen LogP contribution in [-0.2, 0) is 6.54 Å². The maximum absolute atomic E-state index is 13.7. The second kappa shape index (κ2) is 5.52. The third-order valence-corrected chi connectivity index (χ3v) is 3.51. The summed E-state index contributed by atoms with van der Waals surface area (Å²) < 4.78 is 13.7. The predicted molar refractivity (Wildman–Crippen MR) is 75.2 cm³/mol. The topological polar surface area (TPSA) is 53.4 Å². The molecule has 1 N–H and O–H groups in total. The second-order valence-electron chi connectivity index (χ2n) is 5.19. The van der Waals surface area contributed by atoms with Crippen LogP contribution < -0.4 is 0 Å². The molecule has 1 aliphatic carbocycles. The normalized spacial score (nSPS) is 14.0. The SMILES string of the molecule is O=C(c1ccncc1F)N(Cc1cccc(O)c1)C1CC1. The molecule has 0 spiro atoms. The lowest BCUT2D eigenvalue weighted by molar-refractivity contribution is 0.0724. The number of phenolic OH excluding ortho intramolecular Hbond substituents is 1. The van der Waals surface area contributed by atoms with Crippen molar-refractivity contribution in [2.45, 2.75) is 25.4 Å². The summed E-state index contributed by atoms with van der Waals surface area (Å²) in [4.78, 5) is 17.9. The summed E-state index contributed by atoms with van der Waals surface area (Å²) in [6.07, 6.45) is 4.32. The largest absolute Gasteiger partial charge is 0.508 e. The van der Waals surface area contributed by atoms with Crippen LogP contribution in [0.4, 0.5) is 4.39 Å². The molecule has 0 bridgehead atoms. The van der Waals surface area contributed by atoms with E-state index in [1.54, 1.807) is 23.1 Å². The second-order valence-corrected chi connectivity index (χ2v) is 5.19. The molecule has 1 amide bonds. The van der Waals surface area contributed by atoms with E-state index < -0.39 is 5.82 Å². The minimum absolute atomic E-state index is 0.0389. The summed E-state index contributed by atoms with van der Waals surface area (Å²) in [5.41, 5.74) is 0.863. The van der Waals surface area contributed by atoms with E-state index in [9.17, 15) is 14.3 Å². The van der Waals surface area contributed by atoms with E-state index in [1.807, 2.05) is 6.07 Å². The Morgan fingerprint density at radius 1 is 1.38 bits per heavy atom. The molecule has 1 saturated carbocycles. The number of pyridine rings is 1. The van der Waals surface area contributed by atoms with Crippen LogP contribution in [0.1, 0.15) is 28.8 Å². The Labute approximate surface area is 121 Å².